The van der Waals surface area contributed by atoms with Crippen molar-refractivity contribution in [3.05, 3.63) is 0 Å². The first kappa shape index (κ1) is 15.8. The first-order valence-corrected chi connectivity index (χ1v) is 8.87. The number of rotatable bonds is 7. The summed E-state index contributed by atoms with van der Waals surface area (Å²) in [5.74, 6) is 0. The standard InChI is InChI=1S/C12H26O3Si/c1-12(2,3)16(4,5)15-11(8-10-14)7-6-9-13/h9,11,14H,6-8,10H2,1-5H3. The van der Waals surface area contributed by atoms with E-state index >= 15 is 0 Å². The Morgan fingerprint density at radius 1 is 1.31 bits per heavy atom. The molecule has 1 unspecified atom stereocenters. The lowest BCUT2D eigenvalue weighted by atomic mass is 10.1. The molecule has 0 aliphatic carbocycles. The van der Waals surface area contributed by atoms with E-state index in [0.29, 0.717) is 12.8 Å². The van der Waals surface area contributed by atoms with Gasteiger partial charge >= 0.3 is 0 Å². The van der Waals surface area contributed by atoms with Gasteiger partial charge < -0.3 is 14.3 Å². The summed E-state index contributed by atoms with van der Waals surface area (Å²) in [4.78, 5) is 10.4. The quantitative estimate of drug-likeness (QED) is 0.555. The van der Waals surface area contributed by atoms with Gasteiger partial charge in [-0.1, -0.05) is 20.8 Å². The molecule has 0 bridgehead atoms. The second-order valence-corrected chi connectivity index (χ2v) is 10.5. The van der Waals surface area contributed by atoms with Crippen LogP contribution in [0, 0.1) is 0 Å². The summed E-state index contributed by atoms with van der Waals surface area (Å²) in [5, 5.41) is 9.15. The van der Waals surface area contributed by atoms with Crippen molar-refractivity contribution >= 4 is 14.6 Å². The molecule has 0 spiro atoms. The number of hydrogen-bond donors (Lipinski definition) is 1. The van der Waals surface area contributed by atoms with Gasteiger partial charge in [-0.15, -0.1) is 0 Å². The van der Waals surface area contributed by atoms with Gasteiger partial charge in [0.25, 0.3) is 0 Å². The lowest BCUT2D eigenvalue weighted by Gasteiger charge is -2.39. The molecule has 0 aliphatic rings. The minimum absolute atomic E-state index is 0.0242. The van der Waals surface area contributed by atoms with Crippen LogP contribution in [0.2, 0.25) is 18.1 Å². The second kappa shape index (κ2) is 6.52. The predicted octanol–water partition coefficient (Wildman–Crippen LogP) is 2.74. The maximum absolute atomic E-state index is 10.4. The van der Waals surface area contributed by atoms with Crippen molar-refractivity contribution in [2.24, 2.45) is 0 Å². The van der Waals surface area contributed by atoms with Crippen LogP contribution in [0.3, 0.4) is 0 Å². The normalized spacial score (nSPS) is 14.9. The van der Waals surface area contributed by atoms with Gasteiger partial charge in [0.15, 0.2) is 8.32 Å². The Morgan fingerprint density at radius 3 is 2.25 bits per heavy atom. The Morgan fingerprint density at radius 2 is 1.88 bits per heavy atom. The van der Waals surface area contributed by atoms with Gasteiger partial charge in [0, 0.05) is 19.1 Å². The topological polar surface area (TPSA) is 46.5 Å². The zero-order valence-electron chi connectivity index (χ0n) is 11.2. The van der Waals surface area contributed by atoms with Crippen molar-refractivity contribution in [2.75, 3.05) is 6.61 Å². The van der Waals surface area contributed by atoms with Gasteiger partial charge in [0.05, 0.1) is 0 Å². The lowest BCUT2D eigenvalue weighted by Crippen LogP contribution is -2.44. The number of aliphatic hydroxyl groups excluding tert-OH is 1. The van der Waals surface area contributed by atoms with Crippen molar-refractivity contribution in [1.29, 1.82) is 0 Å². The SMILES string of the molecule is CC(C)(C)[Si](C)(C)OC(CCO)CCC=O. The van der Waals surface area contributed by atoms with Crippen LogP contribution >= 0.6 is 0 Å². The van der Waals surface area contributed by atoms with E-state index < -0.39 is 8.32 Å². The molecule has 0 saturated heterocycles. The molecule has 3 nitrogen and oxygen atoms in total. The first-order chi connectivity index (χ1) is 7.24. The van der Waals surface area contributed by atoms with Crippen LogP contribution in [0.1, 0.15) is 40.0 Å². The maximum Gasteiger partial charge on any atom is 0.192 e. The summed E-state index contributed by atoms with van der Waals surface area (Å²) in [6.07, 6.45) is 2.80. The number of hydrogen-bond acceptors (Lipinski definition) is 3. The molecular weight excluding hydrogens is 220 g/mol. The van der Waals surface area contributed by atoms with E-state index in [1.807, 2.05) is 0 Å². The van der Waals surface area contributed by atoms with E-state index in [1.165, 1.54) is 0 Å². The molecule has 0 aliphatic heterocycles. The van der Waals surface area contributed by atoms with Crippen molar-refractivity contribution in [2.45, 2.75) is 64.3 Å². The number of aliphatic hydroxyl groups is 1. The number of aldehydes is 1. The Balaban J connectivity index is 4.42. The molecule has 1 atom stereocenters. The predicted molar refractivity (Wildman–Crippen MR) is 69.1 cm³/mol. The summed E-state index contributed by atoms with van der Waals surface area (Å²) >= 11 is 0. The van der Waals surface area contributed by atoms with Crippen LogP contribution in [0.4, 0.5) is 0 Å². The third-order valence-electron chi connectivity index (χ3n) is 3.33. The monoisotopic (exact) mass is 246 g/mol. The zero-order chi connectivity index (χ0) is 12.8. The van der Waals surface area contributed by atoms with E-state index in [0.717, 1.165) is 12.7 Å². The fourth-order valence-corrected chi connectivity index (χ4v) is 2.68. The van der Waals surface area contributed by atoms with Crippen LogP contribution in [0.25, 0.3) is 0 Å². The van der Waals surface area contributed by atoms with Gasteiger partial charge in [-0.3, -0.25) is 0 Å². The fourth-order valence-electron chi connectivity index (χ4n) is 1.25. The fraction of sp³-hybridized carbons (Fsp3) is 0.917. The van der Waals surface area contributed by atoms with Gasteiger partial charge in [0.2, 0.25) is 0 Å². The van der Waals surface area contributed by atoms with Crippen LogP contribution in [0.5, 0.6) is 0 Å². The Hall–Kier alpha value is -0.193. The highest BCUT2D eigenvalue weighted by molar-refractivity contribution is 6.74. The summed E-state index contributed by atoms with van der Waals surface area (Å²) in [6.45, 7) is 11.1. The highest BCUT2D eigenvalue weighted by Gasteiger charge is 2.38. The number of carbonyl (C=O) groups excluding carboxylic acids is 1. The minimum Gasteiger partial charge on any atom is -0.414 e. The molecular formula is C12H26O3Si. The van der Waals surface area contributed by atoms with Gasteiger partial charge in [-0.25, -0.2) is 0 Å². The van der Waals surface area contributed by atoms with E-state index in [9.17, 15) is 4.79 Å². The average molecular weight is 246 g/mol. The number of carbonyl (C=O) groups is 1. The van der Waals surface area contributed by atoms with Gasteiger partial charge in [-0.05, 0) is 31.0 Å². The third-order valence-corrected chi connectivity index (χ3v) is 7.86. The van der Waals surface area contributed by atoms with Crippen molar-refractivity contribution in [3.63, 3.8) is 0 Å². The molecule has 0 fully saturated rings. The minimum atomic E-state index is -1.78. The highest BCUT2D eigenvalue weighted by atomic mass is 28.4. The van der Waals surface area contributed by atoms with E-state index in [2.05, 4.69) is 33.9 Å². The van der Waals surface area contributed by atoms with Gasteiger partial charge in [0.1, 0.15) is 6.29 Å². The molecule has 0 rings (SSSR count). The van der Waals surface area contributed by atoms with E-state index in [1.54, 1.807) is 0 Å². The zero-order valence-corrected chi connectivity index (χ0v) is 12.2. The Kier molecular flexibility index (Phi) is 6.44. The molecule has 0 amide bonds. The Bertz CT molecular complexity index is 209. The Labute approximate surface area is 100 Å². The molecule has 0 heterocycles. The molecule has 4 heteroatoms. The molecule has 0 aromatic carbocycles. The summed E-state index contributed by atoms with van der Waals surface area (Å²) in [5.41, 5.74) is 0. The van der Waals surface area contributed by atoms with Crippen molar-refractivity contribution in [3.8, 4) is 0 Å². The first-order valence-electron chi connectivity index (χ1n) is 5.97. The third kappa shape index (κ3) is 5.23. The van der Waals surface area contributed by atoms with E-state index in [-0.39, 0.29) is 17.7 Å². The van der Waals surface area contributed by atoms with Gasteiger partial charge in [-0.2, -0.15) is 0 Å². The average Bonchev–Trinajstić information content (AvgIpc) is 2.12. The second-order valence-electron chi connectivity index (χ2n) is 5.76. The molecule has 16 heavy (non-hydrogen) atoms. The summed E-state index contributed by atoms with van der Waals surface area (Å²) in [7, 11) is -1.78. The highest BCUT2D eigenvalue weighted by Crippen LogP contribution is 2.38. The van der Waals surface area contributed by atoms with Crippen molar-refractivity contribution in [1.82, 2.24) is 0 Å². The van der Waals surface area contributed by atoms with E-state index in [4.69, 9.17) is 9.53 Å². The van der Waals surface area contributed by atoms with Crippen LogP contribution in [0.15, 0.2) is 0 Å². The molecule has 96 valence electrons. The largest absolute Gasteiger partial charge is 0.414 e. The van der Waals surface area contributed by atoms with Crippen molar-refractivity contribution < 1.29 is 14.3 Å². The molecule has 1 N–H and O–H groups in total. The summed E-state index contributed by atoms with van der Waals surface area (Å²) < 4.78 is 6.16. The van der Waals surface area contributed by atoms with Crippen LogP contribution in [-0.2, 0) is 9.22 Å². The lowest BCUT2D eigenvalue weighted by molar-refractivity contribution is -0.108. The smallest absolute Gasteiger partial charge is 0.192 e. The molecule has 0 radical (unpaired) electrons. The van der Waals surface area contributed by atoms with Crippen LogP contribution in [-0.4, -0.2) is 32.4 Å². The maximum atomic E-state index is 10.4. The summed E-state index contributed by atoms with van der Waals surface area (Å²) in [6, 6.07) is 0. The molecule has 0 saturated carbocycles. The molecule has 0 aromatic heterocycles. The molecule has 0 aromatic rings. The van der Waals surface area contributed by atoms with Crippen LogP contribution < -0.4 is 0 Å².